The third-order valence-electron chi connectivity index (χ3n) is 6.04. The normalized spacial score (nSPS) is 14.7. The molecule has 4 heterocycles. The zero-order valence-electron chi connectivity index (χ0n) is 18.8. The lowest BCUT2D eigenvalue weighted by molar-refractivity contribution is 0.0934. The van der Waals surface area contributed by atoms with Gasteiger partial charge in [-0.3, -0.25) is 4.79 Å². The molecular weight excluding hydrogens is 420 g/mol. The first kappa shape index (κ1) is 21.1. The minimum atomic E-state index is -0.354. The molecule has 170 valence electrons. The number of nitrogens with zero attached hydrogens (tertiary/aromatic N) is 6. The fraction of sp³-hybridized carbons (Fsp3) is 0.348. The average molecular weight is 447 g/mol. The van der Waals surface area contributed by atoms with E-state index in [0.717, 1.165) is 16.9 Å². The molecule has 1 aliphatic rings. The van der Waals surface area contributed by atoms with Gasteiger partial charge in [-0.15, -0.1) is 0 Å². The van der Waals surface area contributed by atoms with Crippen molar-refractivity contribution < 1.29 is 9.21 Å². The summed E-state index contributed by atoms with van der Waals surface area (Å²) in [5, 5.41) is 2.99. The second-order valence-corrected chi connectivity index (χ2v) is 8.62. The van der Waals surface area contributed by atoms with Crippen molar-refractivity contribution in [1.82, 2.24) is 34.6 Å². The Morgan fingerprint density at radius 1 is 1.27 bits per heavy atom. The number of hydrogen-bond donors (Lipinski definition) is 2. The molecule has 5 rings (SSSR count). The maximum atomic E-state index is 13.1. The Balaban J connectivity index is 1.54. The number of nitrogens with one attached hydrogen (secondary N) is 1. The molecule has 1 saturated carbocycles. The molecule has 0 spiro atoms. The van der Waals surface area contributed by atoms with E-state index in [0.29, 0.717) is 23.9 Å². The summed E-state index contributed by atoms with van der Waals surface area (Å²) in [6.45, 7) is 2.49. The van der Waals surface area contributed by atoms with E-state index in [2.05, 4.69) is 30.2 Å². The molecule has 1 fully saturated rings. The van der Waals surface area contributed by atoms with E-state index in [4.69, 9.17) is 10.2 Å². The average Bonchev–Trinajstić information content (AvgIpc) is 3.34. The lowest BCUT2D eigenvalue weighted by Crippen LogP contribution is -2.42. The van der Waals surface area contributed by atoms with Crippen LogP contribution in [-0.2, 0) is 0 Å². The molecule has 4 aromatic heterocycles. The number of imidazole rings is 1. The van der Waals surface area contributed by atoms with Crippen molar-refractivity contribution in [2.24, 2.45) is 5.92 Å². The minimum Gasteiger partial charge on any atom is -0.443 e. The second-order valence-electron chi connectivity index (χ2n) is 8.62. The summed E-state index contributed by atoms with van der Waals surface area (Å²) in [6, 6.07) is 4.04. The number of likely N-dealkylation sites (N-methyl/N-ethyl adjacent to an activating group) is 1. The van der Waals surface area contributed by atoms with E-state index in [1.807, 2.05) is 43.7 Å². The summed E-state index contributed by atoms with van der Waals surface area (Å²) < 4.78 is 7.43. The Labute approximate surface area is 190 Å². The third-order valence-corrected chi connectivity index (χ3v) is 6.04. The van der Waals surface area contributed by atoms with Crippen molar-refractivity contribution in [3.8, 4) is 22.8 Å². The third kappa shape index (κ3) is 4.05. The van der Waals surface area contributed by atoms with Crippen LogP contribution in [0.3, 0.4) is 0 Å². The van der Waals surface area contributed by atoms with Crippen LogP contribution in [0.4, 0.5) is 5.82 Å². The van der Waals surface area contributed by atoms with Gasteiger partial charge in [0.1, 0.15) is 17.6 Å². The smallest absolute Gasteiger partial charge is 0.273 e. The number of nitrogens with two attached hydrogens (primary N) is 1. The molecule has 1 amide bonds. The number of pyridine rings is 1. The molecule has 1 unspecified atom stereocenters. The maximum Gasteiger partial charge on any atom is 0.273 e. The van der Waals surface area contributed by atoms with Gasteiger partial charge in [-0.05, 0) is 51.9 Å². The van der Waals surface area contributed by atoms with Gasteiger partial charge in [0.25, 0.3) is 5.91 Å². The van der Waals surface area contributed by atoms with Gasteiger partial charge in [0.15, 0.2) is 17.2 Å². The molecule has 33 heavy (non-hydrogen) atoms. The van der Waals surface area contributed by atoms with Gasteiger partial charge in [-0.1, -0.05) is 0 Å². The first-order valence-corrected chi connectivity index (χ1v) is 10.9. The van der Waals surface area contributed by atoms with E-state index < -0.39 is 0 Å². The van der Waals surface area contributed by atoms with Crippen molar-refractivity contribution >= 4 is 17.4 Å². The predicted molar refractivity (Wildman–Crippen MR) is 123 cm³/mol. The largest absolute Gasteiger partial charge is 0.443 e. The minimum absolute atomic E-state index is 0.0252. The van der Waals surface area contributed by atoms with Crippen molar-refractivity contribution in [3.05, 3.63) is 48.4 Å². The number of rotatable bonds is 7. The van der Waals surface area contributed by atoms with Gasteiger partial charge in [0, 0.05) is 36.2 Å². The Morgan fingerprint density at radius 2 is 2.09 bits per heavy atom. The molecule has 0 saturated heterocycles. The van der Waals surface area contributed by atoms with E-state index in [9.17, 15) is 4.79 Å². The number of carbonyl (C=O) groups excluding carboxylic acids is 1. The summed E-state index contributed by atoms with van der Waals surface area (Å²) in [4.78, 5) is 32.9. The number of nitrogen functional groups attached to an aromatic ring is 1. The van der Waals surface area contributed by atoms with E-state index in [1.165, 1.54) is 25.3 Å². The predicted octanol–water partition coefficient (Wildman–Crippen LogP) is 2.41. The molecule has 0 aliphatic heterocycles. The first-order chi connectivity index (χ1) is 15.9. The van der Waals surface area contributed by atoms with Crippen LogP contribution in [0.25, 0.3) is 28.5 Å². The van der Waals surface area contributed by atoms with Crippen molar-refractivity contribution in [1.29, 1.82) is 0 Å². The molecule has 1 atom stereocenters. The van der Waals surface area contributed by atoms with Gasteiger partial charge < -0.3 is 24.8 Å². The number of carbonyl (C=O) groups is 1. The quantitative estimate of drug-likeness (QED) is 0.443. The van der Waals surface area contributed by atoms with Crippen molar-refractivity contribution in [2.45, 2.75) is 25.8 Å². The summed E-state index contributed by atoms with van der Waals surface area (Å²) in [7, 11) is 4.06. The molecule has 0 aromatic carbocycles. The molecule has 1 aliphatic carbocycles. The Kier molecular flexibility index (Phi) is 5.29. The molecule has 0 bridgehead atoms. The standard InChI is InChI=1S/C23H26N8O2/c1-13-10-26-17-7-6-15(12-31(13)17)18-19(23-25-8-9-33-23)29-21(24)20(28-18)22(32)27-11-16(30(2)3)14-4-5-14/h6-10,12,14,16H,4-5,11H2,1-3H3,(H2,24,29)(H,27,32). The Bertz CT molecular complexity index is 1310. The number of oxazole rings is 1. The van der Waals surface area contributed by atoms with Crippen LogP contribution in [0.1, 0.15) is 29.0 Å². The van der Waals surface area contributed by atoms with Gasteiger partial charge in [0.2, 0.25) is 5.89 Å². The van der Waals surface area contributed by atoms with Crippen molar-refractivity contribution in [2.75, 3.05) is 26.4 Å². The number of aromatic nitrogens is 5. The molecule has 4 aromatic rings. The van der Waals surface area contributed by atoms with Crippen LogP contribution in [-0.4, -0.2) is 61.8 Å². The Hall–Kier alpha value is -3.79. The fourth-order valence-electron chi connectivity index (χ4n) is 4.08. The van der Waals surface area contributed by atoms with Gasteiger partial charge >= 0.3 is 0 Å². The van der Waals surface area contributed by atoms with Crippen LogP contribution in [0.2, 0.25) is 0 Å². The van der Waals surface area contributed by atoms with Crippen LogP contribution in [0.5, 0.6) is 0 Å². The molecular formula is C23H26N8O2. The molecule has 0 radical (unpaired) electrons. The SMILES string of the molecule is Cc1cnc2ccc(-c3nc(C(=O)NCC(C4CC4)N(C)C)c(N)nc3-c3ncco3)cn12. The number of fused-ring (bicyclic) bond motifs is 1. The molecule has 10 heteroatoms. The molecule has 10 nitrogen and oxygen atoms in total. The monoisotopic (exact) mass is 446 g/mol. The summed E-state index contributed by atoms with van der Waals surface area (Å²) in [6.07, 6.45) is 9.06. The zero-order valence-corrected chi connectivity index (χ0v) is 18.8. The van der Waals surface area contributed by atoms with Crippen LogP contribution in [0.15, 0.2) is 41.4 Å². The van der Waals surface area contributed by atoms with Gasteiger partial charge in [-0.2, -0.15) is 0 Å². The van der Waals surface area contributed by atoms with Crippen LogP contribution in [0, 0.1) is 12.8 Å². The highest BCUT2D eigenvalue weighted by Crippen LogP contribution is 2.34. The van der Waals surface area contributed by atoms with Gasteiger partial charge in [0.05, 0.1) is 6.20 Å². The summed E-state index contributed by atoms with van der Waals surface area (Å²) >= 11 is 0. The van der Waals surface area contributed by atoms with Crippen LogP contribution >= 0.6 is 0 Å². The summed E-state index contributed by atoms with van der Waals surface area (Å²) in [5.74, 6) is 0.557. The summed E-state index contributed by atoms with van der Waals surface area (Å²) in [5.41, 5.74) is 9.61. The van der Waals surface area contributed by atoms with Gasteiger partial charge in [-0.25, -0.2) is 19.9 Å². The highest BCUT2D eigenvalue weighted by atomic mass is 16.3. The maximum absolute atomic E-state index is 13.1. The number of hydrogen-bond acceptors (Lipinski definition) is 8. The van der Waals surface area contributed by atoms with E-state index in [-0.39, 0.29) is 29.4 Å². The number of aryl methyl sites for hydroxylation is 1. The zero-order chi connectivity index (χ0) is 23.1. The Morgan fingerprint density at radius 3 is 2.79 bits per heavy atom. The van der Waals surface area contributed by atoms with Crippen molar-refractivity contribution in [3.63, 3.8) is 0 Å². The number of anilines is 1. The second kappa shape index (κ2) is 8.28. The first-order valence-electron chi connectivity index (χ1n) is 10.9. The van der Waals surface area contributed by atoms with E-state index >= 15 is 0 Å². The van der Waals surface area contributed by atoms with Crippen LogP contribution < -0.4 is 11.1 Å². The lowest BCUT2D eigenvalue weighted by atomic mass is 10.1. The molecule has 3 N–H and O–H groups in total. The highest BCUT2D eigenvalue weighted by Gasteiger charge is 2.33. The fourth-order valence-corrected chi connectivity index (χ4v) is 4.08. The highest BCUT2D eigenvalue weighted by molar-refractivity contribution is 5.97. The topological polar surface area (TPSA) is 127 Å². The lowest BCUT2D eigenvalue weighted by Gasteiger charge is -2.24. The van der Waals surface area contributed by atoms with E-state index in [1.54, 1.807) is 6.20 Å². The number of amides is 1.